The van der Waals surface area contributed by atoms with Crippen molar-refractivity contribution in [1.29, 1.82) is 0 Å². The zero-order chi connectivity index (χ0) is 14.3. The van der Waals surface area contributed by atoms with Crippen LogP contribution >= 0.6 is 31.9 Å². The highest BCUT2D eigenvalue weighted by Crippen LogP contribution is 2.39. The summed E-state index contributed by atoms with van der Waals surface area (Å²) in [6.07, 6.45) is 0. The van der Waals surface area contributed by atoms with E-state index >= 15 is 0 Å². The fourth-order valence-electron chi connectivity index (χ4n) is 2.43. The smallest absolute Gasteiger partial charge is 0.315 e. The molecule has 1 N–H and O–H groups in total. The third kappa shape index (κ3) is 2.36. The molecule has 2 aromatic carbocycles. The van der Waals surface area contributed by atoms with Crippen molar-refractivity contribution in [1.82, 2.24) is 0 Å². The molecular formula is C15H10Br2O3. The molecule has 20 heavy (non-hydrogen) atoms. The van der Waals surface area contributed by atoms with Crippen LogP contribution in [0.25, 0.3) is 0 Å². The Morgan fingerprint density at radius 2 is 1.75 bits per heavy atom. The Hall–Kier alpha value is -1.33. The topological polar surface area (TPSA) is 46.5 Å². The highest BCUT2D eigenvalue weighted by Gasteiger charge is 2.30. The molecule has 0 amide bonds. The molecule has 0 saturated heterocycles. The van der Waals surface area contributed by atoms with Crippen molar-refractivity contribution in [2.24, 2.45) is 0 Å². The van der Waals surface area contributed by atoms with Gasteiger partial charge in [-0.15, -0.1) is 0 Å². The Bertz CT molecular complexity index is 644. The van der Waals surface area contributed by atoms with Crippen LogP contribution in [0, 0.1) is 0 Å². The van der Waals surface area contributed by atoms with E-state index in [1.165, 1.54) is 0 Å². The fourth-order valence-corrected chi connectivity index (χ4v) is 3.19. The molecule has 1 atom stereocenters. The lowest BCUT2D eigenvalue weighted by Crippen LogP contribution is -2.14. The minimum absolute atomic E-state index is 0.376. The molecule has 0 radical (unpaired) electrons. The third-order valence-corrected chi connectivity index (χ3v) is 4.32. The Morgan fingerprint density at radius 3 is 2.45 bits per heavy atom. The predicted octanol–water partition coefficient (Wildman–Crippen LogP) is 4.32. The molecule has 2 aromatic rings. The van der Waals surface area contributed by atoms with E-state index < -0.39 is 11.9 Å². The fraction of sp³-hybridized carbons (Fsp3) is 0.133. The van der Waals surface area contributed by atoms with Crippen LogP contribution in [0.5, 0.6) is 5.75 Å². The predicted molar refractivity (Wildman–Crippen MR) is 82.1 cm³/mol. The summed E-state index contributed by atoms with van der Waals surface area (Å²) in [5.41, 5.74) is 2.33. The lowest BCUT2D eigenvalue weighted by molar-refractivity contribution is -0.137. The van der Waals surface area contributed by atoms with Crippen LogP contribution < -0.4 is 4.74 Å². The lowest BCUT2D eigenvalue weighted by atomic mass is 9.88. The lowest BCUT2D eigenvalue weighted by Gasteiger charge is -2.15. The molecule has 1 aliphatic rings. The van der Waals surface area contributed by atoms with Gasteiger partial charge in [0.05, 0.1) is 0 Å². The maximum atomic E-state index is 11.8. The molecule has 1 heterocycles. The average Bonchev–Trinajstić information content (AvgIpc) is 2.54. The number of benzene rings is 2. The van der Waals surface area contributed by atoms with E-state index in [2.05, 4.69) is 31.9 Å². The van der Waals surface area contributed by atoms with E-state index in [0.29, 0.717) is 17.9 Å². The van der Waals surface area contributed by atoms with Crippen LogP contribution in [-0.2, 0) is 11.4 Å². The van der Waals surface area contributed by atoms with Gasteiger partial charge in [0.25, 0.3) is 0 Å². The quantitative estimate of drug-likeness (QED) is 0.779. The number of carboxylic acids is 1. The van der Waals surface area contributed by atoms with E-state index in [9.17, 15) is 9.90 Å². The number of hydrogen-bond donors (Lipinski definition) is 1. The zero-order valence-corrected chi connectivity index (χ0v) is 13.4. The summed E-state index contributed by atoms with van der Waals surface area (Å²) in [6, 6.07) is 11.1. The molecule has 102 valence electrons. The number of halogens is 2. The first kappa shape index (κ1) is 13.6. The molecule has 5 heteroatoms. The van der Waals surface area contributed by atoms with Gasteiger partial charge in [-0.3, -0.25) is 4.79 Å². The van der Waals surface area contributed by atoms with Gasteiger partial charge in [-0.2, -0.15) is 0 Å². The van der Waals surface area contributed by atoms with Crippen molar-refractivity contribution in [3.05, 3.63) is 62.0 Å². The second kappa shape index (κ2) is 5.22. The van der Waals surface area contributed by atoms with E-state index in [1.807, 2.05) is 30.3 Å². The Balaban J connectivity index is 2.27. The summed E-state index contributed by atoms with van der Waals surface area (Å²) < 4.78 is 7.45. The van der Waals surface area contributed by atoms with Gasteiger partial charge < -0.3 is 9.84 Å². The van der Waals surface area contributed by atoms with Gasteiger partial charge in [-0.1, -0.05) is 37.9 Å². The van der Waals surface area contributed by atoms with Gasteiger partial charge in [0.15, 0.2) is 0 Å². The molecular weight excluding hydrogens is 388 g/mol. The summed E-state index contributed by atoms with van der Waals surface area (Å²) in [7, 11) is 0. The first-order valence-corrected chi connectivity index (χ1v) is 7.58. The van der Waals surface area contributed by atoms with Gasteiger partial charge in [-0.05, 0) is 41.5 Å². The molecule has 0 saturated carbocycles. The van der Waals surface area contributed by atoms with E-state index in [-0.39, 0.29) is 0 Å². The second-order valence-electron chi connectivity index (χ2n) is 4.59. The number of rotatable bonds is 1. The Kier molecular flexibility index (Phi) is 3.56. The van der Waals surface area contributed by atoms with Gasteiger partial charge in [0.1, 0.15) is 18.3 Å². The monoisotopic (exact) mass is 396 g/mol. The van der Waals surface area contributed by atoms with Crippen molar-refractivity contribution in [3.8, 4) is 5.75 Å². The highest BCUT2D eigenvalue weighted by atomic mass is 79.9. The van der Waals surface area contributed by atoms with Crippen molar-refractivity contribution in [2.75, 3.05) is 0 Å². The Labute approximate surface area is 132 Å². The molecule has 0 fully saturated rings. The van der Waals surface area contributed by atoms with Crippen LogP contribution in [0.3, 0.4) is 0 Å². The van der Waals surface area contributed by atoms with Gasteiger partial charge in [0, 0.05) is 14.5 Å². The van der Waals surface area contributed by atoms with Crippen LogP contribution in [0.15, 0.2) is 45.3 Å². The normalized spacial score (nSPS) is 16.6. The van der Waals surface area contributed by atoms with Crippen LogP contribution in [0.4, 0.5) is 0 Å². The number of carbonyl (C=O) groups is 1. The molecule has 3 rings (SSSR count). The summed E-state index contributed by atoms with van der Waals surface area (Å²) in [5.74, 6) is -0.986. The third-order valence-electron chi connectivity index (χ3n) is 3.33. The maximum Gasteiger partial charge on any atom is 0.315 e. The average molecular weight is 398 g/mol. The Morgan fingerprint density at radius 1 is 1.10 bits per heavy atom. The molecule has 0 spiro atoms. The zero-order valence-electron chi connectivity index (χ0n) is 10.3. The summed E-state index contributed by atoms with van der Waals surface area (Å²) in [6.45, 7) is 0.376. The molecule has 0 unspecified atom stereocenters. The highest BCUT2D eigenvalue weighted by molar-refractivity contribution is 9.10. The first-order chi connectivity index (χ1) is 9.56. The van der Waals surface area contributed by atoms with Crippen molar-refractivity contribution in [3.63, 3.8) is 0 Å². The summed E-state index contributed by atoms with van der Waals surface area (Å²) in [4.78, 5) is 11.8. The van der Waals surface area contributed by atoms with E-state index in [1.54, 1.807) is 6.07 Å². The van der Waals surface area contributed by atoms with Crippen molar-refractivity contribution in [2.45, 2.75) is 12.5 Å². The van der Waals surface area contributed by atoms with Gasteiger partial charge in [0.2, 0.25) is 0 Å². The number of aliphatic carboxylic acids is 1. The number of hydrogen-bond acceptors (Lipinski definition) is 2. The molecule has 1 aliphatic heterocycles. The van der Waals surface area contributed by atoms with Crippen molar-refractivity contribution >= 4 is 37.8 Å². The molecule has 0 bridgehead atoms. The van der Waals surface area contributed by atoms with Crippen LogP contribution in [0.2, 0.25) is 0 Å². The van der Waals surface area contributed by atoms with Gasteiger partial charge in [-0.25, -0.2) is 0 Å². The minimum atomic E-state index is -0.880. The molecule has 3 nitrogen and oxygen atoms in total. The molecule has 0 aliphatic carbocycles. The summed E-state index contributed by atoms with van der Waals surface area (Å²) >= 11 is 6.79. The van der Waals surface area contributed by atoms with Crippen molar-refractivity contribution < 1.29 is 14.6 Å². The van der Waals surface area contributed by atoms with E-state index in [0.717, 1.165) is 20.1 Å². The van der Waals surface area contributed by atoms with Gasteiger partial charge >= 0.3 is 5.97 Å². The minimum Gasteiger partial charge on any atom is -0.489 e. The maximum absolute atomic E-state index is 11.8. The molecule has 0 aromatic heterocycles. The van der Waals surface area contributed by atoms with Crippen LogP contribution in [-0.4, -0.2) is 11.1 Å². The largest absolute Gasteiger partial charge is 0.489 e. The number of fused-ring (bicyclic) bond motifs is 2. The van der Waals surface area contributed by atoms with E-state index in [4.69, 9.17) is 4.74 Å². The summed E-state index contributed by atoms with van der Waals surface area (Å²) in [5, 5.41) is 9.65. The SMILES string of the molecule is O=C(O)[C@H]1c2cc(Br)ccc2COc2ccc(Br)cc21. The number of carboxylic acid groups (broad SMARTS) is 1. The number of ether oxygens (including phenoxy) is 1. The second-order valence-corrected chi connectivity index (χ2v) is 6.42. The first-order valence-electron chi connectivity index (χ1n) is 5.99. The standard InChI is InChI=1S/C15H10Br2O3/c16-9-2-1-8-7-20-13-4-3-10(17)6-12(13)14(15(18)19)11(8)5-9/h1-6,14H,7H2,(H,18,19)/t14-/m0/s1. The van der Waals surface area contributed by atoms with Crippen LogP contribution in [0.1, 0.15) is 22.6 Å².